The standard InChI is InChI=1S/C29H22N2O4/c1-18-9-11-20(12-10-18)26-27(30-21-13-14-24-25(17-21)35-16-15-34-24)29(33)31(28(26)32)23-8-4-6-19-5-2-3-7-22(19)23/h2-14,17,30H,15-16H2,1H3. The minimum absolute atomic E-state index is 0.225. The molecule has 0 saturated carbocycles. The number of fused-ring (bicyclic) bond motifs is 2. The van der Waals surface area contributed by atoms with Crippen LogP contribution >= 0.6 is 0 Å². The smallest absolute Gasteiger partial charge is 0.282 e. The van der Waals surface area contributed by atoms with Crippen molar-refractivity contribution in [3.63, 3.8) is 0 Å². The van der Waals surface area contributed by atoms with Crippen molar-refractivity contribution in [3.05, 3.63) is 102 Å². The molecule has 4 aromatic carbocycles. The van der Waals surface area contributed by atoms with Gasteiger partial charge >= 0.3 is 0 Å². The van der Waals surface area contributed by atoms with E-state index in [-0.39, 0.29) is 11.6 Å². The SMILES string of the molecule is Cc1ccc(C2=C(Nc3ccc4c(c3)OCCO4)C(=O)N(c3cccc4ccccc34)C2=O)cc1. The molecule has 0 atom stereocenters. The lowest BCUT2D eigenvalue weighted by molar-refractivity contribution is -0.120. The van der Waals surface area contributed by atoms with Gasteiger partial charge in [-0.3, -0.25) is 9.59 Å². The van der Waals surface area contributed by atoms with E-state index in [9.17, 15) is 9.59 Å². The summed E-state index contributed by atoms with van der Waals surface area (Å²) in [6.45, 7) is 2.94. The fraction of sp³-hybridized carbons (Fsp3) is 0.103. The number of nitrogens with one attached hydrogen (secondary N) is 1. The lowest BCUT2D eigenvalue weighted by atomic mass is 10.0. The zero-order chi connectivity index (χ0) is 23.9. The molecule has 6 heteroatoms. The van der Waals surface area contributed by atoms with E-state index in [1.807, 2.05) is 73.7 Å². The third-order valence-corrected chi connectivity index (χ3v) is 6.24. The molecule has 0 saturated heterocycles. The number of ether oxygens (including phenoxy) is 2. The second kappa shape index (κ2) is 8.33. The maximum absolute atomic E-state index is 13.8. The Balaban J connectivity index is 1.47. The Morgan fingerprint density at radius 1 is 0.771 bits per heavy atom. The predicted octanol–water partition coefficient (Wildman–Crippen LogP) is 5.32. The van der Waals surface area contributed by atoms with Crippen LogP contribution in [0, 0.1) is 6.92 Å². The highest BCUT2D eigenvalue weighted by molar-refractivity contribution is 6.47. The first-order valence-corrected chi connectivity index (χ1v) is 11.4. The van der Waals surface area contributed by atoms with Crippen LogP contribution in [0.5, 0.6) is 11.5 Å². The number of aryl methyl sites for hydroxylation is 1. The fourth-order valence-electron chi connectivity index (χ4n) is 4.52. The molecule has 2 heterocycles. The summed E-state index contributed by atoms with van der Waals surface area (Å²) in [6, 6.07) is 26.3. The maximum Gasteiger partial charge on any atom is 0.282 e. The number of carbonyl (C=O) groups excluding carboxylic acids is 2. The van der Waals surface area contributed by atoms with E-state index >= 15 is 0 Å². The molecule has 0 bridgehead atoms. The quantitative estimate of drug-likeness (QED) is 0.416. The number of hydrogen-bond donors (Lipinski definition) is 1. The topological polar surface area (TPSA) is 67.9 Å². The zero-order valence-electron chi connectivity index (χ0n) is 19.1. The minimum Gasteiger partial charge on any atom is -0.486 e. The minimum atomic E-state index is -0.406. The van der Waals surface area contributed by atoms with Crippen LogP contribution in [0.3, 0.4) is 0 Å². The van der Waals surface area contributed by atoms with Gasteiger partial charge in [0, 0.05) is 17.1 Å². The van der Waals surface area contributed by atoms with Crippen LogP contribution in [0.25, 0.3) is 16.3 Å². The number of hydrogen-bond acceptors (Lipinski definition) is 5. The molecular formula is C29H22N2O4. The van der Waals surface area contributed by atoms with Crippen LogP contribution in [0.15, 0.2) is 90.6 Å². The van der Waals surface area contributed by atoms with E-state index < -0.39 is 5.91 Å². The number of benzene rings is 4. The first kappa shape index (κ1) is 21.0. The molecule has 2 aliphatic rings. The van der Waals surface area contributed by atoms with Gasteiger partial charge in [-0.1, -0.05) is 66.2 Å². The molecule has 0 aromatic heterocycles. The highest BCUT2D eigenvalue weighted by atomic mass is 16.6. The zero-order valence-corrected chi connectivity index (χ0v) is 19.1. The summed E-state index contributed by atoms with van der Waals surface area (Å²) in [5.74, 6) is 0.481. The lowest BCUT2D eigenvalue weighted by Crippen LogP contribution is -2.32. The van der Waals surface area contributed by atoms with Crippen molar-refractivity contribution in [2.45, 2.75) is 6.92 Å². The van der Waals surface area contributed by atoms with E-state index in [2.05, 4.69) is 5.32 Å². The average molecular weight is 463 g/mol. The van der Waals surface area contributed by atoms with Crippen LogP contribution in [0.1, 0.15) is 11.1 Å². The predicted molar refractivity (Wildman–Crippen MR) is 136 cm³/mol. The Morgan fingerprint density at radius 2 is 1.51 bits per heavy atom. The summed E-state index contributed by atoms with van der Waals surface area (Å²) >= 11 is 0. The van der Waals surface area contributed by atoms with Crippen LogP contribution in [0.4, 0.5) is 11.4 Å². The first-order valence-electron chi connectivity index (χ1n) is 11.4. The molecule has 6 nitrogen and oxygen atoms in total. The first-order chi connectivity index (χ1) is 17.1. The molecule has 0 spiro atoms. The maximum atomic E-state index is 13.8. The van der Waals surface area contributed by atoms with Gasteiger partial charge in [-0.15, -0.1) is 0 Å². The molecule has 4 aromatic rings. The number of amides is 2. The van der Waals surface area contributed by atoms with Crippen molar-refractivity contribution in [2.24, 2.45) is 0 Å². The summed E-state index contributed by atoms with van der Waals surface area (Å²) in [5.41, 5.74) is 3.49. The summed E-state index contributed by atoms with van der Waals surface area (Å²) in [6.07, 6.45) is 0. The molecular weight excluding hydrogens is 440 g/mol. The highest BCUT2D eigenvalue weighted by Gasteiger charge is 2.41. The second-order valence-corrected chi connectivity index (χ2v) is 8.54. The van der Waals surface area contributed by atoms with Crippen LogP contribution < -0.4 is 19.7 Å². The van der Waals surface area contributed by atoms with Gasteiger partial charge < -0.3 is 14.8 Å². The summed E-state index contributed by atoms with van der Waals surface area (Å²) < 4.78 is 11.3. The molecule has 0 radical (unpaired) electrons. The Hall–Kier alpha value is -4.58. The number of nitrogens with zero attached hydrogens (tertiary/aromatic N) is 1. The molecule has 6 rings (SSSR count). The van der Waals surface area contributed by atoms with Gasteiger partial charge in [0.2, 0.25) is 0 Å². The van der Waals surface area contributed by atoms with Gasteiger partial charge in [-0.05, 0) is 36.1 Å². The number of rotatable bonds is 4. The lowest BCUT2D eigenvalue weighted by Gasteiger charge is -2.20. The third-order valence-electron chi connectivity index (χ3n) is 6.24. The molecule has 2 amide bonds. The normalized spacial score (nSPS) is 15.2. The molecule has 2 aliphatic heterocycles. The molecule has 35 heavy (non-hydrogen) atoms. The Kier molecular flexibility index (Phi) is 4.99. The van der Waals surface area contributed by atoms with Crippen LogP contribution in [0.2, 0.25) is 0 Å². The van der Waals surface area contributed by atoms with Gasteiger partial charge in [0.05, 0.1) is 11.3 Å². The second-order valence-electron chi connectivity index (χ2n) is 8.54. The van der Waals surface area contributed by atoms with Gasteiger partial charge in [-0.25, -0.2) is 4.90 Å². The number of imide groups is 1. The van der Waals surface area contributed by atoms with E-state index in [0.29, 0.717) is 47.2 Å². The highest BCUT2D eigenvalue weighted by Crippen LogP contribution is 2.38. The van der Waals surface area contributed by atoms with E-state index in [0.717, 1.165) is 16.3 Å². The molecule has 172 valence electrons. The number of carbonyl (C=O) groups is 2. The van der Waals surface area contributed by atoms with Crippen molar-refractivity contribution < 1.29 is 19.1 Å². The van der Waals surface area contributed by atoms with Crippen molar-refractivity contribution in [1.82, 2.24) is 0 Å². The van der Waals surface area contributed by atoms with Gasteiger partial charge in [0.1, 0.15) is 18.9 Å². The Morgan fingerprint density at radius 3 is 2.34 bits per heavy atom. The third kappa shape index (κ3) is 3.60. The monoisotopic (exact) mass is 462 g/mol. The van der Waals surface area contributed by atoms with E-state index in [4.69, 9.17) is 9.47 Å². The van der Waals surface area contributed by atoms with E-state index in [1.165, 1.54) is 4.90 Å². The summed E-state index contributed by atoms with van der Waals surface area (Å²) in [5, 5.41) is 5.00. The van der Waals surface area contributed by atoms with Gasteiger partial charge in [0.15, 0.2) is 11.5 Å². The average Bonchev–Trinajstić information content (AvgIpc) is 3.13. The molecule has 0 unspecified atom stereocenters. The Labute approximate surface area is 202 Å². The van der Waals surface area contributed by atoms with Crippen molar-refractivity contribution >= 4 is 39.5 Å². The molecule has 0 aliphatic carbocycles. The van der Waals surface area contributed by atoms with Crippen molar-refractivity contribution in [1.29, 1.82) is 0 Å². The molecule has 0 fully saturated rings. The summed E-state index contributed by atoms with van der Waals surface area (Å²) in [4.78, 5) is 28.9. The van der Waals surface area contributed by atoms with Crippen LogP contribution in [-0.4, -0.2) is 25.0 Å². The Bertz CT molecular complexity index is 1520. The summed E-state index contributed by atoms with van der Waals surface area (Å²) in [7, 11) is 0. The largest absolute Gasteiger partial charge is 0.486 e. The van der Waals surface area contributed by atoms with E-state index in [1.54, 1.807) is 18.2 Å². The fourth-order valence-corrected chi connectivity index (χ4v) is 4.52. The number of anilines is 2. The molecule has 1 N–H and O–H groups in total. The van der Waals surface area contributed by atoms with Crippen molar-refractivity contribution in [2.75, 3.05) is 23.4 Å². The van der Waals surface area contributed by atoms with Crippen LogP contribution in [-0.2, 0) is 9.59 Å². The van der Waals surface area contributed by atoms with Gasteiger partial charge in [0.25, 0.3) is 11.8 Å². The van der Waals surface area contributed by atoms with Crippen molar-refractivity contribution in [3.8, 4) is 11.5 Å². The van der Waals surface area contributed by atoms with Gasteiger partial charge in [-0.2, -0.15) is 0 Å².